The molecule has 3 saturated heterocycles. The minimum Gasteiger partial charge on any atom is -0.460 e. The van der Waals surface area contributed by atoms with Gasteiger partial charge in [-0.15, -0.1) is 22.7 Å². The molecule has 1 N–H and O–H groups in total. The molecule has 5 atom stereocenters. The highest BCUT2D eigenvalue weighted by Crippen LogP contribution is 2.48. The lowest BCUT2D eigenvalue weighted by Crippen LogP contribution is -2.49. The average molecular weight is 394 g/mol. The molecule has 5 rings (SSSR count). The lowest BCUT2D eigenvalue weighted by Gasteiger charge is -2.38. The maximum Gasteiger partial charge on any atom is 0.349 e. The lowest BCUT2D eigenvalue weighted by molar-refractivity contribution is -0.171. The molecule has 3 aliphatic rings. The molecule has 0 amide bonds. The van der Waals surface area contributed by atoms with Crippen molar-refractivity contribution in [3.8, 4) is 0 Å². The third kappa shape index (κ3) is 2.57. The van der Waals surface area contributed by atoms with E-state index in [4.69, 9.17) is 9.47 Å². The minimum absolute atomic E-state index is 0. The Kier molecular flexibility index (Phi) is 4.48. The van der Waals surface area contributed by atoms with Gasteiger partial charge in [0.2, 0.25) is 5.60 Å². The van der Waals surface area contributed by atoms with Crippen LogP contribution in [0.15, 0.2) is 35.0 Å². The fourth-order valence-electron chi connectivity index (χ4n) is 4.32. The van der Waals surface area contributed by atoms with Crippen LogP contribution in [0.3, 0.4) is 0 Å². The number of morpholine rings is 1. The molecule has 0 radical (unpaired) electrons. The number of aliphatic hydroxyl groups is 1. The van der Waals surface area contributed by atoms with E-state index in [1.54, 1.807) is 12.1 Å². The third-order valence-corrected chi connectivity index (χ3v) is 7.66. The third-order valence-electron chi connectivity index (χ3n) is 5.70. The number of piperidine rings is 1. The second-order valence-corrected chi connectivity index (χ2v) is 8.92. The van der Waals surface area contributed by atoms with E-state index in [1.807, 2.05) is 22.9 Å². The molecule has 3 fully saturated rings. The van der Waals surface area contributed by atoms with E-state index in [2.05, 4.69) is 11.9 Å². The normalized spacial score (nSPS) is 32.6. The number of likely N-dealkylation sites (N-methyl/N-ethyl adjacent to an activating group) is 1. The Bertz CT molecular complexity index is 723. The summed E-state index contributed by atoms with van der Waals surface area (Å²) in [7, 11) is 2.12. The number of nitrogens with zero attached hydrogens (tertiary/aromatic N) is 1. The topological polar surface area (TPSA) is 62.3 Å². The first-order chi connectivity index (χ1) is 12.1. The van der Waals surface area contributed by atoms with Gasteiger partial charge in [-0.25, -0.2) is 4.79 Å². The highest BCUT2D eigenvalue weighted by atomic mass is 32.1. The predicted molar refractivity (Wildman–Crippen MR) is 101 cm³/mol. The first-order valence-electron chi connectivity index (χ1n) is 8.48. The average Bonchev–Trinajstić information content (AvgIpc) is 2.97. The lowest BCUT2D eigenvalue weighted by atomic mass is 9.97. The second kappa shape index (κ2) is 6.42. The van der Waals surface area contributed by atoms with Crippen LogP contribution in [0, 0.1) is 0 Å². The molecule has 2 bridgehead atoms. The van der Waals surface area contributed by atoms with E-state index < -0.39 is 11.6 Å². The molecule has 7 heteroatoms. The van der Waals surface area contributed by atoms with Gasteiger partial charge in [-0.05, 0) is 29.9 Å². The Morgan fingerprint density at radius 1 is 1.19 bits per heavy atom. The zero-order valence-electron chi connectivity index (χ0n) is 13.7. The molecule has 5 nitrogen and oxygen atoms in total. The fraction of sp³-hybridized carbons (Fsp3) is 0.526. The molecular weight excluding hydrogens is 370 g/mol. The van der Waals surface area contributed by atoms with E-state index in [0.717, 1.165) is 12.8 Å². The highest BCUT2D eigenvalue weighted by molar-refractivity contribution is 7.12. The van der Waals surface area contributed by atoms with Crippen LogP contribution < -0.4 is 0 Å². The van der Waals surface area contributed by atoms with Gasteiger partial charge in [-0.1, -0.05) is 19.6 Å². The van der Waals surface area contributed by atoms with Crippen molar-refractivity contribution in [2.24, 2.45) is 0 Å². The van der Waals surface area contributed by atoms with Gasteiger partial charge in [0.25, 0.3) is 0 Å². The molecule has 5 heterocycles. The van der Waals surface area contributed by atoms with Gasteiger partial charge in [0, 0.05) is 24.9 Å². The van der Waals surface area contributed by atoms with Crippen molar-refractivity contribution >= 4 is 28.6 Å². The number of rotatable bonds is 4. The number of fused-ring (bicyclic) bond motifs is 5. The molecule has 2 unspecified atom stereocenters. The van der Waals surface area contributed by atoms with E-state index >= 15 is 0 Å². The molecule has 0 saturated carbocycles. The molecule has 0 aromatic carbocycles. The van der Waals surface area contributed by atoms with Gasteiger partial charge < -0.3 is 14.6 Å². The van der Waals surface area contributed by atoms with Crippen LogP contribution in [-0.2, 0) is 19.9 Å². The standard InChI is InChI=1S/C18H19NO4S2.CH4/c1-19-11-8-10(9-12(19)16-15(11)23-16)22-17(20)18(21,13-4-2-6-24-13)14-5-3-7-25-14;/h2-7,10-12,15-16,21H,8-9H2,1H3;1H4/t10?,11-,12-,15-,16?;/m0./s1. The number of ether oxygens (including phenoxy) is 2. The fourth-order valence-corrected chi connectivity index (χ4v) is 6.04. The first kappa shape index (κ1) is 18.1. The monoisotopic (exact) mass is 393 g/mol. The Balaban J connectivity index is 0.00000168. The van der Waals surface area contributed by atoms with Crippen LogP contribution in [0.4, 0.5) is 0 Å². The Hall–Kier alpha value is -1.25. The van der Waals surface area contributed by atoms with Crippen LogP contribution in [0.1, 0.15) is 30.0 Å². The summed E-state index contributed by atoms with van der Waals surface area (Å²) in [5.74, 6) is -0.569. The van der Waals surface area contributed by atoms with Crippen molar-refractivity contribution in [3.05, 3.63) is 44.8 Å². The maximum absolute atomic E-state index is 13.0. The molecule has 0 spiro atoms. The van der Waals surface area contributed by atoms with Gasteiger partial charge in [-0.2, -0.15) is 0 Å². The summed E-state index contributed by atoms with van der Waals surface area (Å²) in [5, 5.41) is 15.0. The van der Waals surface area contributed by atoms with Crippen LogP contribution in [0.25, 0.3) is 0 Å². The first-order valence-corrected chi connectivity index (χ1v) is 10.2. The molecule has 140 valence electrons. The molecular formula is C19H23NO4S2. The summed E-state index contributed by atoms with van der Waals surface area (Å²) >= 11 is 2.73. The zero-order valence-corrected chi connectivity index (χ0v) is 15.3. The molecule has 0 aliphatic carbocycles. The quantitative estimate of drug-likeness (QED) is 0.639. The van der Waals surface area contributed by atoms with Gasteiger partial charge >= 0.3 is 5.97 Å². The van der Waals surface area contributed by atoms with Crippen molar-refractivity contribution in [2.45, 2.75) is 56.3 Å². The summed E-state index contributed by atoms with van der Waals surface area (Å²) in [6, 6.07) is 7.88. The smallest absolute Gasteiger partial charge is 0.349 e. The number of carbonyl (C=O) groups excluding carboxylic acids is 1. The number of esters is 1. The SMILES string of the molecule is C.CN1[C@H]2CC(OC(=O)C(O)(c3cccs3)c3cccs3)C[C@H]1[C@@H]1OC12. The Labute approximate surface area is 161 Å². The van der Waals surface area contributed by atoms with Gasteiger partial charge in [-0.3, -0.25) is 4.90 Å². The number of epoxide rings is 1. The predicted octanol–water partition coefficient (Wildman–Crippen LogP) is 2.84. The molecule has 2 aromatic heterocycles. The second-order valence-electron chi connectivity index (χ2n) is 7.03. The highest BCUT2D eigenvalue weighted by Gasteiger charge is 2.63. The Morgan fingerprint density at radius 2 is 1.73 bits per heavy atom. The summed E-state index contributed by atoms with van der Waals surface area (Å²) in [6.07, 6.45) is 1.97. The van der Waals surface area contributed by atoms with Crippen molar-refractivity contribution in [2.75, 3.05) is 7.05 Å². The number of hydrogen-bond acceptors (Lipinski definition) is 7. The number of hydrogen-bond donors (Lipinski definition) is 1. The zero-order chi connectivity index (χ0) is 17.2. The van der Waals surface area contributed by atoms with E-state index in [-0.39, 0.29) is 13.5 Å². The van der Waals surface area contributed by atoms with Gasteiger partial charge in [0.05, 0.1) is 9.75 Å². The van der Waals surface area contributed by atoms with E-state index in [1.165, 1.54) is 22.7 Å². The summed E-state index contributed by atoms with van der Waals surface area (Å²) in [4.78, 5) is 16.6. The summed E-state index contributed by atoms with van der Waals surface area (Å²) in [5.41, 5.74) is -1.72. The van der Waals surface area contributed by atoms with Crippen molar-refractivity contribution in [3.63, 3.8) is 0 Å². The van der Waals surface area contributed by atoms with Gasteiger partial charge in [0.1, 0.15) is 18.3 Å². The largest absolute Gasteiger partial charge is 0.460 e. The van der Waals surface area contributed by atoms with Crippen molar-refractivity contribution < 1.29 is 19.4 Å². The number of thiophene rings is 2. The molecule has 3 aliphatic heterocycles. The van der Waals surface area contributed by atoms with Crippen LogP contribution >= 0.6 is 22.7 Å². The summed E-state index contributed by atoms with van der Waals surface area (Å²) < 4.78 is 11.5. The molecule has 26 heavy (non-hydrogen) atoms. The van der Waals surface area contributed by atoms with E-state index in [0.29, 0.717) is 34.0 Å². The van der Waals surface area contributed by atoms with Crippen molar-refractivity contribution in [1.82, 2.24) is 4.90 Å². The van der Waals surface area contributed by atoms with Crippen LogP contribution in [-0.4, -0.2) is 53.4 Å². The summed E-state index contributed by atoms with van der Waals surface area (Å²) in [6.45, 7) is 0. The van der Waals surface area contributed by atoms with E-state index in [9.17, 15) is 9.90 Å². The van der Waals surface area contributed by atoms with Crippen LogP contribution in [0.5, 0.6) is 0 Å². The van der Waals surface area contributed by atoms with Crippen LogP contribution in [0.2, 0.25) is 0 Å². The Morgan fingerprint density at radius 3 is 2.19 bits per heavy atom. The van der Waals surface area contributed by atoms with Crippen molar-refractivity contribution in [1.29, 1.82) is 0 Å². The minimum atomic E-state index is -1.72. The maximum atomic E-state index is 13.0. The van der Waals surface area contributed by atoms with Gasteiger partial charge in [0.15, 0.2) is 0 Å². The number of carbonyl (C=O) groups is 1. The molecule has 2 aromatic rings.